The molecule has 1 heterocycles. The van der Waals surface area contributed by atoms with Gasteiger partial charge in [-0.25, -0.2) is 9.78 Å². The van der Waals surface area contributed by atoms with Crippen molar-refractivity contribution in [1.29, 1.82) is 0 Å². The van der Waals surface area contributed by atoms with E-state index in [1.807, 2.05) is 0 Å². The van der Waals surface area contributed by atoms with Crippen LogP contribution in [-0.2, 0) is 0 Å². The Morgan fingerprint density at radius 1 is 1.30 bits per heavy atom. The van der Waals surface area contributed by atoms with Gasteiger partial charge in [-0.2, -0.15) is 8.78 Å². The molecule has 0 radical (unpaired) electrons. The van der Waals surface area contributed by atoms with Crippen LogP contribution in [0, 0.1) is 0 Å². The zero-order valence-electron chi connectivity index (χ0n) is 9.89. The summed E-state index contributed by atoms with van der Waals surface area (Å²) in [5.41, 5.74) is 0.458. The van der Waals surface area contributed by atoms with Crippen molar-refractivity contribution in [3.05, 3.63) is 47.2 Å². The van der Waals surface area contributed by atoms with E-state index in [0.29, 0.717) is 5.56 Å². The van der Waals surface area contributed by atoms with Crippen LogP contribution in [0.1, 0.15) is 10.4 Å². The molecule has 1 aromatic carbocycles. The first-order valence-corrected chi connectivity index (χ1v) is 5.80. The number of ether oxygens (including phenoxy) is 1. The molecule has 7 heteroatoms. The van der Waals surface area contributed by atoms with Gasteiger partial charge in [0, 0.05) is 17.3 Å². The fraction of sp³-hybridized carbons (Fsp3) is 0.0769. The maximum absolute atomic E-state index is 12.4. The van der Waals surface area contributed by atoms with E-state index >= 15 is 0 Å². The summed E-state index contributed by atoms with van der Waals surface area (Å²) < 4.78 is 29.2. The van der Waals surface area contributed by atoms with E-state index in [1.165, 1.54) is 18.3 Å². The Morgan fingerprint density at radius 3 is 2.65 bits per heavy atom. The van der Waals surface area contributed by atoms with Gasteiger partial charge >= 0.3 is 12.6 Å². The van der Waals surface area contributed by atoms with Crippen LogP contribution in [-0.4, -0.2) is 22.7 Å². The van der Waals surface area contributed by atoms with Crippen LogP contribution in [0.5, 0.6) is 5.75 Å². The second-order valence-corrected chi connectivity index (χ2v) is 4.09. The molecule has 0 amide bonds. The van der Waals surface area contributed by atoms with Gasteiger partial charge < -0.3 is 9.84 Å². The average Bonchev–Trinajstić information content (AvgIpc) is 2.39. The van der Waals surface area contributed by atoms with Gasteiger partial charge in [-0.05, 0) is 30.3 Å². The predicted octanol–water partition coefficient (Wildman–Crippen LogP) is 3.70. The minimum Gasteiger partial charge on any atom is -0.478 e. The normalized spacial score (nSPS) is 10.6. The van der Waals surface area contributed by atoms with Crippen molar-refractivity contribution in [3.8, 4) is 16.9 Å². The molecule has 4 nitrogen and oxygen atoms in total. The van der Waals surface area contributed by atoms with Crippen molar-refractivity contribution < 1.29 is 23.4 Å². The number of carboxylic acids is 1. The lowest BCUT2D eigenvalue weighted by molar-refractivity contribution is -0.0495. The molecule has 0 spiro atoms. The highest BCUT2D eigenvalue weighted by molar-refractivity contribution is 6.32. The van der Waals surface area contributed by atoms with Crippen LogP contribution < -0.4 is 4.74 Å². The third kappa shape index (κ3) is 3.03. The third-order valence-corrected chi connectivity index (χ3v) is 2.80. The molecule has 2 rings (SSSR count). The molecule has 0 aliphatic rings. The number of carboxylic acid groups (broad SMARTS) is 1. The number of nitrogens with zero attached hydrogens (tertiary/aromatic N) is 1. The molecule has 0 saturated carbocycles. The Hall–Kier alpha value is -2.21. The monoisotopic (exact) mass is 299 g/mol. The fourth-order valence-corrected chi connectivity index (χ4v) is 1.88. The standard InChI is InChI=1S/C13H8ClF2NO3/c14-11-9(2-1-5-17-11)8-4-3-7(12(18)19)6-10(8)20-13(15)16/h1-6,13H,(H,18,19). The van der Waals surface area contributed by atoms with Gasteiger partial charge in [0.1, 0.15) is 10.9 Å². The zero-order valence-corrected chi connectivity index (χ0v) is 10.6. The second kappa shape index (κ2) is 5.83. The smallest absolute Gasteiger partial charge is 0.387 e. The number of hydrogen-bond donors (Lipinski definition) is 1. The van der Waals surface area contributed by atoms with Gasteiger partial charge in [0.15, 0.2) is 0 Å². The molecule has 0 saturated heterocycles. The van der Waals surface area contributed by atoms with E-state index < -0.39 is 12.6 Å². The Labute approximate surface area is 117 Å². The molecule has 1 aromatic heterocycles. The topological polar surface area (TPSA) is 59.4 Å². The highest BCUT2D eigenvalue weighted by atomic mass is 35.5. The highest BCUT2D eigenvalue weighted by Crippen LogP contribution is 2.35. The molecule has 2 aromatic rings. The molecule has 20 heavy (non-hydrogen) atoms. The third-order valence-electron chi connectivity index (χ3n) is 2.49. The minimum atomic E-state index is -3.08. The number of benzene rings is 1. The van der Waals surface area contributed by atoms with Crippen LogP contribution in [0.4, 0.5) is 8.78 Å². The van der Waals surface area contributed by atoms with E-state index in [2.05, 4.69) is 9.72 Å². The molecule has 0 bridgehead atoms. The summed E-state index contributed by atoms with van der Waals surface area (Å²) in [6.45, 7) is -3.08. The Morgan fingerprint density at radius 2 is 2.05 bits per heavy atom. The van der Waals surface area contributed by atoms with Gasteiger partial charge in [-0.15, -0.1) is 0 Å². The maximum atomic E-state index is 12.4. The van der Waals surface area contributed by atoms with Crippen molar-refractivity contribution in [2.45, 2.75) is 6.61 Å². The summed E-state index contributed by atoms with van der Waals surface area (Å²) in [6.07, 6.45) is 1.45. The first kappa shape index (κ1) is 14.2. The van der Waals surface area contributed by atoms with Crippen molar-refractivity contribution in [3.63, 3.8) is 0 Å². The molecule has 0 unspecified atom stereocenters. The number of pyridine rings is 1. The van der Waals surface area contributed by atoms with E-state index in [0.717, 1.165) is 6.07 Å². The van der Waals surface area contributed by atoms with Gasteiger partial charge in [0.25, 0.3) is 0 Å². The van der Waals surface area contributed by atoms with Crippen LogP contribution >= 0.6 is 11.6 Å². The Bertz CT molecular complexity index is 649. The van der Waals surface area contributed by atoms with E-state index in [4.69, 9.17) is 16.7 Å². The van der Waals surface area contributed by atoms with Crippen LogP contribution in [0.3, 0.4) is 0 Å². The zero-order chi connectivity index (χ0) is 14.7. The maximum Gasteiger partial charge on any atom is 0.387 e. The van der Waals surface area contributed by atoms with Crippen LogP contribution in [0.15, 0.2) is 36.5 Å². The second-order valence-electron chi connectivity index (χ2n) is 3.74. The molecule has 0 aliphatic carbocycles. The van der Waals surface area contributed by atoms with E-state index in [-0.39, 0.29) is 22.0 Å². The summed E-state index contributed by atoms with van der Waals surface area (Å²) in [7, 11) is 0. The Kier molecular flexibility index (Phi) is 4.14. The number of hydrogen-bond acceptors (Lipinski definition) is 3. The number of alkyl halides is 2. The lowest BCUT2D eigenvalue weighted by Crippen LogP contribution is -2.05. The fourth-order valence-electron chi connectivity index (χ4n) is 1.66. The lowest BCUT2D eigenvalue weighted by Gasteiger charge is -2.12. The number of rotatable bonds is 4. The summed E-state index contributed by atoms with van der Waals surface area (Å²) in [4.78, 5) is 14.7. The molecule has 0 aliphatic heterocycles. The molecular formula is C13H8ClF2NO3. The Balaban J connectivity index is 2.57. The predicted molar refractivity (Wildman–Crippen MR) is 68.3 cm³/mol. The van der Waals surface area contributed by atoms with Gasteiger partial charge in [0.2, 0.25) is 0 Å². The van der Waals surface area contributed by atoms with E-state index in [9.17, 15) is 13.6 Å². The van der Waals surface area contributed by atoms with Gasteiger partial charge in [-0.3, -0.25) is 0 Å². The number of carbonyl (C=O) groups is 1. The van der Waals surface area contributed by atoms with Gasteiger partial charge in [0.05, 0.1) is 5.56 Å². The van der Waals surface area contributed by atoms with Crippen molar-refractivity contribution in [2.24, 2.45) is 0 Å². The van der Waals surface area contributed by atoms with E-state index in [1.54, 1.807) is 12.1 Å². The van der Waals surface area contributed by atoms with Crippen LogP contribution in [0.25, 0.3) is 11.1 Å². The highest BCUT2D eigenvalue weighted by Gasteiger charge is 2.16. The minimum absolute atomic E-state index is 0.106. The van der Waals surface area contributed by atoms with Crippen molar-refractivity contribution in [1.82, 2.24) is 4.98 Å². The summed E-state index contributed by atoms with van der Waals surface area (Å²) >= 11 is 5.90. The summed E-state index contributed by atoms with van der Waals surface area (Å²) in [6, 6.07) is 6.80. The van der Waals surface area contributed by atoms with Gasteiger partial charge in [-0.1, -0.05) is 11.6 Å². The number of halogens is 3. The SMILES string of the molecule is O=C(O)c1ccc(-c2cccnc2Cl)c(OC(F)F)c1. The lowest BCUT2D eigenvalue weighted by atomic mass is 10.0. The largest absolute Gasteiger partial charge is 0.478 e. The summed E-state index contributed by atoms with van der Waals surface area (Å²) in [5, 5.41) is 8.98. The van der Waals surface area contributed by atoms with Crippen LogP contribution in [0.2, 0.25) is 5.15 Å². The molecule has 104 valence electrons. The van der Waals surface area contributed by atoms with Crippen molar-refractivity contribution >= 4 is 17.6 Å². The quantitative estimate of drug-likeness (QED) is 0.875. The number of aromatic carboxylic acids is 1. The molecule has 0 fully saturated rings. The first-order valence-electron chi connectivity index (χ1n) is 5.42. The molecule has 1 N–H and O–H groups in total. The number of aromatic nitrogens is 1. The summed E-state index contributed by atoms with van der Waals surface area (Å²) in [5.74, 6) is -1.51. The van der Waals surface area contributed by atoms with Crippen molar-refractivity contribution in [2.75, 3.05) is 0 Å². The molecule has 0 atom stereocenters. The average molecular weight is 300 g/mol. The first-order chi connectivity index (χ1) is 9.49. The molecular weight excluding hydrogens is 292 g/mol.